The number of carbonyl (C=O) groups is 2. The summed E-state index contributed by atoms with van der Waals surface area (Å²) in [6, 6.07) is 0. The van der Waals surface area contributed by atoms with Crippen molar-refractivity contribution in [2.75, 3.05) is 6.61 Å². The Labute approximate surface area is 76.6 Å². The van der Waals surface area contributed by atoms with Gasteiger partial charge < -0.3 is 10.5 Å². The summed E-state index contributed by atoms with van der Waals surface area (Å²) in [5.74, 6) is 4.68. The molecular weight excluding hydrogens is 174 g/mol. The van der Waals surface area contributed by atoms with E-state index in [1.165, 1.54) is 0 Å². The summed E-state index contributed by atoms with van der Waals surface area (Å²) in [7, 11) is 0. The summed E-state index contributed by atoms with van der Waals surface area (Å²) in [5, 5.41) is 0. The van der Waals surface area contributed by atoms with Crippen molar-refractivity contribution in [3.05, 3.63) is 0 Å². The molecule has 2 amide bonds. The van der Waals surface area contributed by atoms with Crippen LogP contribution in [0.4, 0.5) is 4.79 Å². The highest BCUT2D eigenvalue weighted by Crippen LogP contribution is 1.99. The van der Waals surface area contributed by atoms with Gasteiger partial charge in [-0.05, 0) is 19.3 Å². The molecule has 0 rings (SSSR count). The van der Waals surface area contributed by atoms with Gasteiger partial charge in [-0.25, -0.2) is 10.6 Å². The molecule has 0 radical (unpaired) electrons. The average molecular weight is 189 g/mol. The lowest BCUT2D eigenvalue weighted by molar-refractivity contribution is -0.121. The predicted molar refractivity (Wildman–Crippen MR) is 46.3 cm³/mol. The molecule has 76 valence electrons. The summed E-state index contributed by atoms with van der Waals surface area (Å²) in [5.41, 5.74) is 6.76. The van der Waals surface area contributed by atoms with Crippen LogP contribution >= 0.6 is 0 Å². The first kappa shape index (κ1) is 11.7. The molecule has 0 bridgehead atoms. The molecule has 0 aliphatic carbocycles. The fraction of sp³-hybridized carbons (Fsp3) is 0.714. The molecule has 0 fully saturated rings. The van der Waals surface area contributed by atoms with Gasteiger partial charge in [-0.1, -0.05) is 0 Å². The van der Waals surface area contributed by atoms with Crippen LogP contribution in [0.3, 0.4) is 0 Å². The van der Waals surface area contributed by atoms with E-state index in [9.17, 15) is 9.59 Å². The Balaban J connectivity index is 3.08. The number of hydrazine groups is 1. The van der Waals surface area contributed by atoms with E-state index in [1.807, 2.05) is 5.43 Å². The fourth-order valence-electron chi connectivity index (χ4n) is 0.809. The summed E-state index contributed by atoms with van der Waals surface area (Å²) < 4.78 is 4.49. The minimum atomic E-state index is -0.764. The van der Waals surface area contributed by atoms with E-state index in [0.717, 1.165) is 12.8 Å². The zero-order chi connectivity index (χ0) is 10.1. The number of nitrogens with one attached hydrogen (secondary N) is 1. The Morgan fingerprint density at radius 3 is 2.46 bits per heavy atom. The van der Waals surface area contributed by atoms with Crippen LogP contribution in [0.2, 0.25) is 0 Å². The number of amides is 2. The molecule has 6 heteroatoms. The summed E-state index contributed by atoms with van der Waals surface area (Å²) in [4.78, 5) is 20.7. The molecule has 0 aromatic carbocycles. The van der Waals surface area contributed by atoms with Crippen molar-refractivity contribution in [3.8, 4) is 0 Å². The first-order valence-electron chi connectivity index (χ1n) is 4.08. The van der Waals surface area contributed by atoms with Gasteiger partial charge in [0, 0.05) is 6.42 Å². The van der Waals surface area contributed by atoms with Crippen LogP contribution in [0.15, 0.2) is 0 Å². The maximum atomic E-state index is 10.6. The molecule has 0 heterocycles. The third kappa shape index (κ3) is 8.61. The van der Waals surface area contributed by atoms with Crippen molar-refractivity contribution in [1.29, 1.82) is 0 Å². The lowest BCUT2D eigenvalue weighted by Gasteiger charge is -2.01. The van der Waals surface area contributed by atoms with Crippen molar-refractivity contribution in [2.45, 2.75) is 25.7 Å². The first-order valence-corrected chi connectivity index (χ1v) is 4.08. The number of rotatable bonds is 6. The second-order valence-electron chi connectivity index (χ2n) is 2.55. The van der Waals surface area contributed by atoms with Crippen molar-refractivity contribution in [3.63, 3.8) is 0 Å². The summed E-state index contributed by atoms with van der Waals surface area (Å²) in [6.45, 7) is 0.305. The van der Waals surface area contributed by atoms with Crippen LogP contribution in [0.25, 0.3) is 0 Å². The Kier molecular flexibility index (Phi) is 6.62. The van der Waals surface area contributed by atoms with E-state index < -0.39 is 6.09 Å². The molecule has 0 aliphatic rings. The summed E-state index contributed by atoms with van der Waals surface area (Å²) in [6.07, 6.45) is 1.87. The van der Waals surface area contributed by atoms with Gasteiger partial charge in [-0.15, -0.1) is 0 Å². The third-order valence-corrected chi connectivity index (χ3v) is 1.45. The number of primary amides is 1. The normalized spacial score (nSPS) is 9.31. The minimum Gasteiger partial charge on any atom is -0.450 e. The second-order valence-corrected chi connectivity index (χ2v) is 2.55. The monoisotopic (exact) mass is 189 g/mol. The number of hydrogen-bond donors (Lipinski definition) is 3. The van der Waals surface area contributed by atoms with Crippen molar-refractivity contribution in [2.24, 2.45) is 11.6 Å². The van der Waals surface area contributed by atoms with Gasteiger partial charge in [0.15, 0.2) is 0 Å². The summed E-state index contributed by atoms with van der Waals surface area (Å²) >= 11 is 0. The van der Waals surface area contributed by atoms with Gasteiger partial charge in [0.1, 0.15) is 0 Å². The quantitative estimate of drug-likeness (QED) is 0.229. The lowest BCUT2D eigenvalue weighted by Crippen LogP contribution is -2.29. The Morgan fingerprint density at radius 1 is 1.23 bits per heavy atom. The molecule has 0 aliphatic heterocycles. The number of unbranched alkanes of at least 4 members (excludes halogenated alkanes) is 2. The maximum absolute atomic E-state index is 10.6. The van der Waals surface area contributed by atoms with Crippen molar-refractivity contribution >= 4 is 12.0 Å². The minimum absolute atomic E-state index is 0.184. The number of nitrogens with two attached hydrogens (primary N) is 2. The highest BCUT2D eigenvalue weighted by Gasteiger charge is 1.98. The Bertz CT molecular complexity index is 172. The SMILES string of the molecule is NNC(=O)CCCCCOC(N)=O. The fourth-order valence-corrected chi connectivity index (χ4v) is 0.809. The van der Waals surface area contributed by atoms with Crippen LogP contribution < -0.4 is 17.0 Å². The molecule has 0 spiro atoms. The molecule has 0 atom stereocenters. The van der Waals surface area contributed by atoms with E-state index in [4.69, 9.17) is 11.6 Å². The molecule has 0 aromatic heterocycles. The van der Waals surface area contributed by atoms with Gasteiger partial charge in [-0.2, -0.15) is 0 Å². The smallest absolute Gasteiger partial charge is 0.404 e. The topological polar surface area (TPSA) is 107 Å². The zero-order valence-corrected chi connectivity index (χ0v) is 7.41. The molecule has 0 aromatic rings. The van der Waals surface area contributed by atoms with E-state index >= 15 is 0 Å². The van der Waals surface area contributed by atoms with Gasteiger partial charge >= 0.3 is 6.09 Å². The largest absolute Gasteiger partial charge is 0.450 e. The molecule has 0 saturated heterocycles. The third-order valence-electron chi connectivity index (χ3n) is 1.45. The zero-order valence-electron chi connectivity index (χ0n) is 7.41. The van der Waals surface area contributed by atoms with E-state index in [0.29, 0.717) is 19.4 Å². The molecule has 5 N–H and O–H groups in total. The molecule has 0 unspecified atom stereocenters. The molecule has 0 saturated carbocycles. The first-order chi connectivity index (χ1) is 6.16. The van der Waals surface area contributed by atoms with Crippen LogP contribution in [0, 0.1) is 0 Å². The van der Waals surface area contributed by atoms with Gasteiger partial charge in [0.25, 0.3) is 0 Å². The van der Waals surface area contributed by atoms with Crippen molar-refractivity contribution < 1.29 is 14.3 Å². The second kappa shape index (κ2) is 7.35. The van der Waals surface area contributed by atoms with Crippen LogP contribution in [-0.4, -0.2) is 18.6 Å². The van der Waals surface area contributed by atoms with Crippen LogP contribution in [0.1, 0.15) is 25.7 Å². The standard InChI is InChI=1S/C7H15N3O3/c8-7(12)13-5-3-1-2-4-6(11)10-9/h1-5,9H2,(H2,8,12)(H,10,11). The molecular formula is C7H15N3O3. The predicted octanol–water partition coefficient (Wildman–Crippen LogP) is -0.368. The molecule has 6 nitrogen and oxygen atoms in total. The van der Waals surface area contributed by atoms with Crippen molar-refractivity contribution in [1.82, 2.24) is 5.43 Å². The van der Waals surface area contributed by atoms with E-state index in [1.54, 1.807) is 0 Å². The van der Waals surface area contributed by atoms with Gasteiger partial charge in [0.05, 0.1) is 6.61 Å². The van der Waals surface area contributed by atoms with Gasteiger partial charge in [0.2, 0.25) is 5.91 Å². The number of ether oxygens (including phenoxy) is 1. The maximum Gasteiger partial charge on any atom is 0.404 e. The number of carbonyl (C=O) groups excluding carboxylic acids is 2. The van der Waals surface area contributed by atoms with E-state index in [2.05, 4.69) is 4.74 Å². The highest BCUT2D eigenvalue weighted by atomic mass is 16.5. The van der Waals surface area contributed by atoms with Crippen LogP contribution in [0.5, 0.6) is 0 Å². The van der Waals surface area contributed by atoms with E-state index in [-0.39, 0.29) is 5.91 Å². The highest BCUT2D eigenvalue weighted by molar-refractivity contribution is 5.75. The van der Waals surface area contributed by atoms with Gasteiger partial charge in [-0.3, -0.25) is 10.2 Å². The molecule has 13 heavy (non-hydrogen) atoms. The Morgan fingerprint density at radius 2 is 1.92 bits per heavy atom. The average Bonchev–Trinajstić information content (AvgIpc) is 2.10. The van der Waals surface area contributed by atoms with Crippen LogP contribution in [-0.2, 0) is 9.53 Å². The Hall–Kier alpha value is -1.30. The number of hydrogen-bond acceptors (Lipinski definition) is 4. The lowest BCUT2D eigenvalue weighted by atomic mass is 10.2.